The first kappa shape index (κ1) is 15.6. The van der Waals surface area contributed by atoms with E-state index in [1.165, 1.54) is 6.20 Å². The van der Waals surface area contributed by atoms with E-state index in [1.807, 2.05) is 36.4 Å². The van der Waals surface area contributed by atoms with Gasteiger partial charge in [0.05, 0.1) is 0 Å². The fourth-order valence-electron chi connectivity index (χ4n) is 1.76. The summed E-state index contributed by atoms with van der Waals surface area (Å²) in [5.41, 5.74) is 1.67. The minimum atomic E-state index is -0.430. The zero-order valence-electron chi connectivity index (χ0n) is 11.7. The molecule has 2 aromatic carbocycles. The van der Waals surface area contributed by atoms with E-state index in [4.69, 9.17) is 16.9 Å². The van der Waals surface area contributed by atoms with Gasteiger partial charge in [-0.2, -0.15) is 5.26 Å². The lowest BCUT2D eigenvalue weighted by molar-refractivity contribution is -0.117. The number of carbonyl (C=O) groups is 1. The van der Waals surface area contributed by atoms with Gasteiger partial charge in [0.1, 0.15) is 11.6 Å². The summed E-state index contributed by atoms with van der Waals surface area (Å²) in [6.45, 7) is 0.371. The van der Waals surface area contributed by atoms with Crippen LogP contribution >= 0.6 is 11.6 Å². The molecule has 0 spiro atoms. The number of hydrogen-bond acceptors (Lipinski definition) is 3. The second-order valence-electron chi connectivity index (χ2n) is 4.49. The lowest BCUT2D eigenvalue weighted by Gasteiger charge is -2.05. The molecular formula is C17H14ClN3O. The van der Waals surface area contributed by atoms with Crippen LogP contribution in [0.2, 0.25) is 5.02 Å². The quantitative estimate of drug-likeness (QED) is 0.656. The van der Waals surface area contributed by atoms with Crippen molar-refractivity contribution in [1.82, 2.24) is 5.32 Å². The van der Waals surface area contributed by atoms with Gasteiger partial charge in [-0.1, -0.05) is 48.0 Å². The summed E-state index contributed by atoms with van der Waals surface area (Å²) in [6, 6.07) is 18.4. The average Bonchev–Trinajstić information content (AvgIpc) is 2.54. The molecule has 2 aromatic rings. The van der Waals surface area contributed by atoms with Crippen LogP contribution in [0.25, 0.3) is 0 Å². The number of rotatable bonds is 5. The molecule has 0 unspecified atom stereocenters. The number of anilines is 1. The van der Waals surface area contributed by atoms with E-state index in [0.29, 0.717) is 17.3 Å². The minimum Gasteiger partial charge on any atom is -0.360 e. The molecule has 0 bridgehead atoms. The Hall–Kier alpha value is -2.77. The number of hydrogen-bond donors (Lipinski definition) is 2. The normalized spacial score (nSPS) is 10.6. The fraction of sp³-hybridized carbons (Fsp3) is 0.0588. The summed E-state index contributed by atoms with van der Waals surface area (Å²) >= 11 is 5.87. The molecule has 0 aliphatic heterocycles. The monoisotopic (exact) mass is 311 g/mol. The number of nitrogens with one attached hydrogen (secondary N) is 2. The number of amides is 1. The maximum Gasteiger partial charge on any atom is 0.263 e. The van der Waals surface area contributed by atoms with Crippen LogP contribution in [0.5, 0.6) is 0 Å². The summed E-state index contributed by atoms with van der Waals surface area (Å²) < 4.78 is 0. The van der Waals surface area contributed by atoms with Gasteiger partial charge < -0.3 is 10.6 Å². The smallest absolute Gasteiger partial charge is 0.263 e. The summed E-state index contributed by atoms with van der Waals surface area (Å²) in [7, 11) is 0. The molecule has 110 valence electrons. The average molecular weight is 312 g/mol. The van der Waals surface area contributed by atoms with Crippen molar-refractivity contribution >= 4 is 23.2 Å². The predicted octanol–water partition coefficient (Wildman–Crippen LogP) is 3.48. The highest BCUT2D eigenvalue weighted by Gasteiger charge is 2.08. The first-order chi connectivity index (χ1) is 10.7. The molecule has 5 heteroatoms. The Labute approximate surface area is 134 Å². The van der Waals surface area contributed by atoms with E-state index in [-0.39, 0.29) is 5.57 Å². The van der Waals surface area contributed by atoms with Gasteiger partial charge in [-0.3, -0.25) is 4.79 Å². The molecule has 0 saturated carbocycles. The molecule has 2 rings (SSSR count). The highest BCUT2D eigenvalue weighted by atomic mass is 35.5. The third kappa shape index (κ3) is 4.65. The second-order valence-corrected chi connectivity index (χ2v) is 4.93. The molecule has 0 aromatic heterocycles. The number of nitrogens with zero attached hydrogens (tertiary/aromatic N) is 1. The van der Waals surface area contributed by atoms with Crippen molar-refractivity contribution < 1.29 is 4.79 Å². The van der Waals surface area contributed by atoms with Gasteiger partial charge in [-0.15, -0.1) is 0 Å². The van der Waals surface area contributed by atoms with Gasteiger partial charge >= 0.3 is 0 Å². The highest BCUT2D eigenvalue weighted by Crippen LogP contribution is 2.15. The van der Waals surface area contributed by atoms with Gasteiger partial charge in [0.25, 0.3) is 5.91 Å². The van der Waals surface area contributed by atoms with Crippen molar-refractivity contribution in [3.63, 3.8) is 0 Å². The third-order valence-corrected chi connectivity index (χ3v) is 3.10. The second kappa shape index (κ2) is 7.87. The molecule has 0 radical (unpaired) electrons. The molecule has 0 saturated heterocycles. The molecule has 0 aliphatic rings. The third-order valence-electron chi connectivity index (χ3n) is 2.87. The Morgan fingerprint density at radius 2 is 1.95 bits per heavy atom. The van der Waals surface area contributed by atoms with Crippen LogP contribution in [0, 0.1) is 11.3 Å². The van der Waals surface area contributed by atoms with E-state index in [2.05, 4.69) is 10.6 Å². The summed E-state index contributed by atoms with van der Waals surface area (Å²) in [5.74, 6) is -0.430. The zero-order chi connectivity index (χ0) is 15.8. The Bertz CT molecular complexity index is 720. The Morgan fingerprint density at radius 3 is 2.64 bits per heavy atom. The maximum absolute atomic E-state index is 12.0. The molecule has 0 heterocycles. The minimum absolute atomic E-state index is 0.00379. The molecular weight excluding hydrogens is 298 g/mol. The molecule has 22 heavy (non-hydrogen) atoms. The molecule has 0 aliphatic carbocycles. The molecule has 0 atom stereocenters. The van der Waals surface area contributed by atoms with Crippen molar-refractivity contribution in [2.75, 3.05) is 5.32 Å². The summed E-state index contributed by atoms with van der Waals surface area (Å²) in [5, 5.41) is 15.2. The first-order valence-corrected chi connectivity index (χ1v) is 7.01. The van der Waals surface area contributed by atoms with Crippen LogP contribution in [0.1, 0.15) is 5.56 Å². The number of benzene rings is 2. The van der Waals surface area contributed by atoms with E-state index >= 15 is 0 Å². The van der Waals surface area contributed by atoms with Crippen molar-refractivity contribution in [3.05, 3.63) is 77.0 Å². The van der Waals surface area contributed by atoms with Gasteiger partial charge in [0, 0.05) is 23.5 Å². The lowest BCUT2D eigenvalue weighted by atomic mass is 10.2. The van der Waals surface area contributed by atoms with Crippen LogP contribution < -0.4 is 10.6 Å². The summed E-state index contributed by atoms with van der Waals surface area (Å²) in [6.07, 6.45) is 1.37. The fourth-order valence-corrected chi connectivity index (χ4v) is 1.95. The molecule has 2 N–H and O–H groups in total. The molecule has 1 amide bonds. The van der Waals surface area contributed by atoms with E-state index in [0.717, 1.165) is 5.56 Å². The molecule has 4 nitrogen and oxygen atoms in total. The Balaban J connectivity index is 1.97. The highest BCUT2D eigenvalue weighted by molar-refractivity contribution is 6.30. The largest absolute Gasteiger partial charge is 0.360 e. The Kier molecular flexibility index (Phi) is 5.58. The lowest BCUT2D eigenvalue weighted by Crippen LogP contribution is -2.24. The van der Waals surface area contributed by atoms with E-state index in [1.54, 1.807) is 24.3 Å². The van der Waals surface area contributed by atoms with Crippen molar-refractivity contribution in [2.24, 2.45) is 0 Å². The van der Waals surface area contributed by atoms with Gasteiger partial charge in [0.2, 0.25) is 0 Å². The van der Waals surface area contributed by atoms with Crippen LogP contribution in [0.15, 0.2) is 66.4 Å². The Morgan fingerprint density at radius 1 is 1.18 bits per heavy atom. The number of carbonyl (C=O) groups excluding carboxylic acids is 1. The van der Waals surface area contributed by atoms with Gasteiger partial charge in [-0.25, -0.2) is 0 Å². The standard InChI is InChI=1S/C17H14ClN3O/c18-15-7-4-8-16(9-15)20-12-14(10-19)17(22)21-11-13-5-2-1-3-6-13/h1-9,12,20H,11H2,(H,21,22)/b14-12-. The van der Waals surface area contributed by atoms with E-state index in [9.17, 15) is 4.79 Å². The van der Waals surface area contributed by atoms with Crippen LogP contribution in [0.3, 0.4) is 0 Å². The predicted molar refractivity (Wildman–Crippen MR) is 87.1 cm³/mol. The topological polar surface area (TPSA) is 64.9 Å². The van der Waals surface area contributed by atoms with Crippen molar-refractivity contribution in [1.29, 1.82) is 5.26 Å². The van der Waals surface area contributed by atoms with Crippen LogP contribution in [-0.2, 0) is 11.3 Å². The van der Waals surface area contributed by atoms with Crippen LogP contribution in [-0.4, -0.2) is 5.91 Å². The molecule has 0 fully saturated rings. The number of nitriles is 1. The SMILES string of the molecule is N#C/C(=C/Nc1cccc(Cl)c1)C(=O)NCc1ccccc1. The van der Waals surface area contributed by atoms with Gasteiger partial charge in [0.15, 0.2) is 0 Å². The van der Waals surface area contributed by atoms with Crippen molar-refractivity contribution in [3.8, 4) is 6.07 Å². The maximum atomic E-state index is 12.0. The van der Waals surface area contributed by atoms with Crippen molar-refractivity contribution in [2.45, 2.75) is 6.54 Å². The zero-order valence-corrected chi connectivity index (χ0v) is 12.5. The summed E-state index contributed by atoms with van der Waals surface area (Å²) in [4.78, 5) is 12.0. The van der Waals surface area contributed by atoms with Gasteiger partial charge in [-0.05, 0) is 23.8 Å². The first-order valence-electron chi connectivity index (χ1n) is 6.63. The van der Waals surface area contributed by atoms with Crippen LogP contribution in [0.4, 0.5) is 5.69 Å². The van der Waals surface area contributed by atoms with E-state index < -0.39 is 5.91 Å². The number of halogens is 1.